The van der Waals surface area contributed by atoms with Gasteiger partial charge in [0, 0.05) is 51.6 Å². The molecule has 10 nitrogen and oxygen atoms in total. The van der Waals surface area contributed by atoms with Crippen molar-refractivity contribution in [2.45, 2.75) is 134 Å². The molecule has 6 aromatic carbocycles. The smallest absolute Gasteiger partial charge is 0.497 e. The summed E-state index contributed by atoms with van der Waals surface area (Å²) < 4.78 is 22.8. The quantitative estimate of drug-likeness (QED) is 0.0418. The van der Waals surface area contributed by atoms with Gasteiger partial charge in [-0.1, -0.05) is 174 Å². The highest BCUT2D eigenvalue weighted by atomic mass is 79.9. The van der Waals surface area contributed by atoms with E-state index in [0.717, 1.165) is 118 Å². The summed E-state index contributed by atoms with van der Waals surface area (Å²) in [6, 6.07) is 42.6. The Morgan fingerprint density at radius 3 is 1.25 bits per heavy atom. The minimum absolute atomic E-state index is 0.0500. The molecule has 0 aliphatic heterocycles. The van der Waals surface area contributed by atoms with Crippen LogP contribution in [0.15, 0.2) is 211 Å². The molecule has 522 valence electrons. The number of hydrogen-bond donors (Lipinski definition) is 0. The summed E-state index contributed by atoms with van der Waals surface area (Å²) in [6.07, 6.45) is 33.4. The second kappa shape index (κ2) is 38.3. The van der Waals surface area contributed by atoms with E-state index in [9.17, 15) is 10.5 Å². The normalized spacial score (nSPS) is 16.8. The third kappa shape index (κ3) is 18.8. The molecular weight excluding hydrogens is 1370 g/mol. The van der Waals surface area contributed by atoms with Crippen molar-refractivity contribution in [3.63, 3.8) is 0 Å². The van der Waals surface area contributed by atoms with E-state index in [1.807, 2.05) is 66.7 Å². The first-order valence-corrected chi connectivity index (χ1v) is 36.0. The number of nitriles is 2. The molecule has 0 spiro atoms. The first-order chi connectivity index (χ1) is 49.3. The van der Waals surface area contributed by atoms with Crippen LogP contribution in [-0.2, 0) is 0 Å². The Morgan fingerprint density at radius 1 is 0.500 bits per heavy atom. The predicted octanol–water partition coefficient (Wildman–Crippen LogP) is 24.8. The predicted molar refractivity (Wildman–Crippen MR) is 423 cm³/mol. The van der Waals surface area contributed by atoms with Crippen molar-refractivity contribution in [2.75, 3.05) is 28.4 Å². The average Bonchev–Trinajstić information content (AvgIpc) is 0.778. The van der Waals surface area contributed by atoms with Crippen molar-refractivity contribution >= 4 is 57.4 Å². The van der Waals surface area contributed by atoms with Crippen molar-refractivity contribution in [2.24, 2.45) is 23.2 Å². The number of benzene rings is 6. The molecule has 0 amide bonds. The van der Waals surface area contributed by atoms with Crippen LogP contribution in [0, 0.1) is 99.8 Å². The van der Waals surface area contributed by atoms with E-state index in [2.05, 4.69) is 198 Å². The van der Waals surface area contributed by atoms with Gasteiger partial charge in [0.2, 0.25) is 0 Å². The highest BCUT2D eigenvalue weighted by Crippen LogP contribution is 2.53. The zero-order chi connectivity index (χ0) is 74.0. The lowest BCUT2D eigenvalue weighted by Gasteiger charge is -2.36. The molecule has 0 N–H and O–H groups in total. The van der Waals surface area contributed by atoms with Crippen molar-refractivity contribution in [3.8, 4) is 35.1 Å². The molecule has 102 heavy (non-hydrogen) atoms. The van der Waals surface area contributed by atoms with Gasteiger partial charge in [-0.05, 0) is 200 Å². The maximum Gasteiger partial charge on any atom is 0.509 e. The van der Waals surface area contributed by atoms with E-state index in [-0.39, 0.29) is 41.9 Å². The number of rotatable bonds is 25. The number of nitrogens with zero attached hydrogens (tertiary/aromatic N) is 6. The lowest BCUT2D eigenvalue weighted by molar-refractivity contribution is 0.372. The van der Waals surface area contributed by atoms with E-state index in [0.29, 0.717) is 34.4 Å². The zero-order valence-corrected chi connectivity index (χ0v) is 63.0. The van der Waals surface area contributed by atoms with E-state index < -0.39 is 16.7 Å². The average molecular weight is 1460 g/mol. The van der Waals surface area contributed by atoms with E-state index in [1.165, 1.54) is 27.8 Å². The van der Waals surface area contributed by atoms with Crippen molar-refractivity contribution in [1.82, 2.24) is 0 Å². The van der Waals surface area contributed by atoms with Crippen LogP contribution in [-0.4, -0.2) is 39.8 Å². The van der Waals surface area contributed by atoms with Crippen LogP contribution in [0.2, 0.25) is 10.0 Å². The van der Waals surface area contributed by atoms with Crippen molar-refractivity contribution in [1.29, 1.82) is 10.5 Å². The van der Waals surface area contributed by atoms with Crippen LogP contribution in [0.5, 0.6) is 23.0 Å². The number of methoxy groups -OCH3 is 4. The van der Waals surface area contributed by atoms with E-state index in [4.69, 9.17) is 68.4 Å². The lowest BCUT2D eigenvalue weighted by Crippen LogP contribution is -2.32. The molecule has 3 aliphatic rings. The summed E-state index contributed by atoms with van der Waals surface area (Å²) in [5.41, 5.74) is 10.2. The van der Waals surface area contributed by atoms with Gasteiger partial charge < -0.3 is 18.9 Å². The fourth-order valence-corrected chi connectivity index (χ4v) is 16.1. The molecule has 0 saturated carbocycles. The summed E-state index contributed by atoms with van der Waals surface area (Å²) in [6.45, 7) is 51.7. The van der Waals surface area contributed by atoms with Gasteiger partial charge in [0.25, 0.3) is 0 Å². The summed E-state index contributed by atoms with van der Waals surface area (Å²) in [5.74, 6) is 2.69. The monoisotopic (exact) mass is 1460 g/mol. The lowest BCUT2D eigenvalue weighted by atomic mass is 9.65. The van der Waals surface area contributed by atoms with Gasteiger partial charge in [0.05, 0.1) is 45.1 Å². The second-order valence-corrected chi connectivity index (χ2v) is 27.6. The minimum Gasteiger partial charge on any atom is -0.497 e. The summed E-state index contributed by atoms with van der Waals surface area (Å²) in [4.78, 5) is 15.4. The number of aryl methyl sites for hydroxylation is 4. The Morgan fingerprint density at radius 2 is 0.873 bits per heavy atom. The molecule has 3 aliphatic carbocycles. The number of halogens is 3. The Labute approximate surface area is 625 Å². The highest BCUT2D eigenvalue weighted by Gasteiger charge is 2.54. The Hall–Kier alpha value is -9.82. The van der Waals surface area contributed by atoms with Crippen molar-refractivity contribution in [3.05, 3.63) is 322 Å². The molecule has 0 radical (unpaired) electrons. The molecule has 0 aromatic heterocycles. The SMILES string of the molecule is C=CCC(C#N)(C#N)C1=CCCC[C@H]1[C@@H](/C=C/c1ccc(OC)cc1)c1c(OC)ccc(OC)c1Br.[C-]#[N+]C(CC=C)([N+]#[C-])C1=CCCC[C@H]1[C@@H](/C=C/c1ccc(C)cc1)c1c(Cl)cccc1Cl.[C-]#[N+]C(CC=C)([N+]#[C-])C1=CCCC[C@H]1[C@@H](/C=C/c1ccc(OC)cc1)c1c(C)cc(C)cc1C. The first-order valence-electron chi connectivity index (χ1n) is 34.4. The maximum atomic E-state index is 10.2. The maximum absolute atomic E-state index is 10.2. The number of allylic oxidation sites excluding steroid dienone is 8. The van der Waals surface area contributed by atoms with Gasteiger partial charge in [-0.2, -0.15) is 10.5 Å². The van der Waals surface area contributed by atoms with Gasteiger partial charge >= 0.3 is 11.3 Å². The second-order valence-electron chi connectivity index (χ2n) is 26.0. The topological polar surface area (TPSA) is 102 Å². The number of ether oxygens (including phenoxy) is 4. The van der Waals surface area contributed by atoms with Crippen LogP contribution < -0.4 is 18.9 Å². The summed E-state index contributed by atoms with van der Waals surface area (Å²) in [5, 5.41) is 21.6. The highest BCUT2D eigenvalue weighted by molar-refractivity contribution is 9.10. The largest absolute Gasteiger partial charge is 0.509 e. The fourth-order valence-electron chi connectivity index (χ4n) is 14.7. The molecule has 0 bridgehead atoms. The minimum atomic E-state index is -1.27. The van der Waals surface area contributed by atoms with E-state index in [1.54, 1.807) is 46.7 Å². The third-order valence-electron chi connectivity index (χ3n) is 19.7. The van der Waals surface area contributed by atoms with Gasteiger partial charge in [0.1, 0.15) is 47.0 Å². The Kier molecular flexibility index (Phi) is 29.8. The van der Waals surface area contributed by atoms with Crippen LogP contribution in [0.3, 0.4) is 0 Å². The molecule has 0 heterocycles. The molecule has 6 atom stereocenters. The molecule has 6 aromatic rings. The number of hydrogen-bond acceptors (Lipinski definition) is 6. The molecule has 0 saturated heterocycles. The van der Waals surface area contributed by atoms with Crippen LogP contribution in [0.25, 0.3) is 37.6 Å². The van der Waals surface area contributed by atoms with Gasteiger partial charge in [-0.3, -0.25) is 0 Å². The Balaban J connectivity index is 0.000000215. The fraction of sp³-hybridized carbons (Fsp3) is 0.326. The Bertz CT molecular complexity index is 4320. The van der Waals surface area contributed by atoms with Crippen LogP contribution in [0.4, 0.5) is 0 Å². The third-order valence-corrected chi connectivity index (χ3v) is 21.2. The molecule has 13 heteroatoms. The van der Waals surface area contributed by atoms with Crippen LogP contribution in [0.1, 0.15) is 150 Å². The standard InChI is InChI=1S/C31H34N2O.C30H31BrN2O3.C28H26Cl2N2/c1-8-19-31(32-5,33-6)29-12-10-9-11-27(29)28(30-23(3)20-22(2)21-24(30)4)18-15-25-13-16-26(34-7)17-14-25;1-5-18-30(19-32,20-33)25-9-7-6-8-23(25)24(15-12-21-10-13-22(34-2)14-11-21)28-26(35-3)16-17-27(36-4)29(28)31;1-5-19-28(31-3,32-4)24-10-7-6-9-22(24)23(27-25(29)11-8-12-26(27)30)18-17-21-15-13-20(2)14-16-21/h8,12-18,20-21,27-28H,1,9-11,19H2,2-4,7H3;5,9-17,23-24H,1,6-8,18H2,2-4H3;5,8,10-18,22-23H,1,6-7,9,19H2,2H3/b18-15+;15-12+;18-17+/t27-,28+;23-,24+;22-,23+/m000/s1. The van der Waals surface area contributed by atoms with Crippen LogP contribution >= 0.6 is 39.1 Å². The molecule has 0 fully saturated rings. The molecule has 0 unspecified atom stereocenters. The zero-order valence-electron chi connectivity index (χ0n) is 59.9. The summed E-state index contributed by atoms with van der Waals surface area (Å²) in [7, 11) is 6.59. The summed E-state index contributed by atoms with van der Waals surface area (Å²) >= 11 is 17.1. The van der Waals surface area contributed by atoms with Gasteiger partial charge in [0.15, 0.2) is 5.41 Å². The first kappa shape index (κ1) is 79.5. The van der Waals surface area contributed by atoms with Gasteiger partial charge in [-0.25, -0.2) is 45.7 Å². The van der Waals surface area contributed by atoms with Gasteiger partial charge in [-0.15, -0.1) is 19.7 Å². The van der Waals surface area contributed by atoms with E-state index >= 15 is 0 Å². The van der Waals surface area contributed by atoms with Crippen molar-refractivity contribution < 1.29 is 18.9 Å². The molecule has 9 rings (SSSR count). The molecular formula is C89H91BrCl2N6O4.